The van der Waals surface area contributed by atoms with E-state index in [1.54, 1.807) is 0 Å². The molecule has 0 bridgehead atoms. The van der Waals surface area contributed by atoms with Crippen LogP contribution in [0.1, 0.15) is 116 Å². The molecule has 0 saturated heterocycles. The van der Waals surface area contributed by atoms with E-state index >= 15 is 0 Å². The minimum absolute atomic E-state index is 0.0289. The van der Waals surface area contributed by atoms with Crippen LogP contribution in [0.3, 0.4) is 0 Å². The number of nitrogens with two attached hydrogens (primary N) is 1. The molecule has 0 radical (unpaired) electrons. The SMILES string of the molecule is CCCCCCCCCCCCCCCCCC[CH2][Na].NCCS(=O)(=O)O. The molecule has 0 aliphatic carbocycles. The summed E-state index contributed by atoms with van der Waals surface area (Å²) < 4.78 is 28.8. The van der Waals surface area contributed by atoms with E-state index in [-0.39, 0.29) is 12.3 Å². The van der Waals surface area contributed by atoms with Crippen molar-refractivity contribution < 1.29 is 13.0 Å². The standard InChI is InChI=1S/C19H39.C2H7NO3S.Na/c1-3-5-7-9-11-13-15-17-19-18-16-14-12-10-8-6-4-2;3-1-2-7(4,5)6;/h1,3-19H2,2H3;1-3H2,(H,4,5,6);. The molecule has 4 nitrogen and oxygen atoms in total. The smallest absolute Gasteiger partial charge is 0.266 e. The van der Waals surface area contributed by atoms with Crippen LogP contribution >= 0.6 is 0 Å². The second-order valence-electron chi connectivity index (χ2n) is 7.73. The van der Waals surface area contributed by atoms with Crippen LogP contribution in [0.15, 0.2) is 0 Å². The summed E-state index contributed by atoms with van der Waals surface area (Å²) >= 11 is 1.41. The van der Waals surface area contributed by atoms with Crippen molar-refractivity contribution in [1.29, 1.82) is 0 Å². The molecule has 0 heterocycles. The molecule has 0 aliphatic heterocycles. The Balaban J connectivity index is 0. The zero-order chi connectivity index (χ0) is 20.6. The van der Waals surface area contributed by atoms with Gasteiger partial charge >= 0.3 is 102 Å². The average molecular weight is 416 g/mol. The van der Waals surface area contributed by atoms with Crippen LogP contribution in [0.2, 0.25) is 3.67 Å². The van der Waals surface area contributed by atoms with Gasteiger partial charge in [0.2, 0.25) is 0 Å². The maximum Gasteiger partial charge on any atom is 0.266 e. The van der Waals surface area contributed by atoms with E-state index in [0.717, 1.165) is 0 Å². The minimum atomic E-state index is -3.80. The van der Waals surface area contributed by atoms with Gasteiger partial charge in [0.05, 0.1) is 5.75 Å². The third kappa shape index (κ3) is 34.7. The van der Waals surface area contributed by atoms with Gasteiger partial charge in [0.1, 0.15) is 0 Å². The topological polar surface area (TPSA) is 80.4 Å². The Morgan fingerprint density at radius 1 is 0.667 bits per heavy atom. The molecule has 0 aliphatic rings. The number of hydrogen-bond donors (Lipinski definition) is 2. The Kier molecular flexibility index (Phi) is 27.7. The molecule has 0 aromatic rings. The first-order valence-electron chi connectivity index (χ1n) is 11.6. The van der Waals surface area contributed by atoms with Crippen LogP contribution in [-0.4, -0.2) is 53.2 Å². The van der Waals surface area contributed by atoms with Gasteiger partial charge in [-0.15, -0.1) is 0 Å². The average Bonchev–Trinajstić information content (AvgIpc) is 2.61. The maximum absolute atomic E-state index is 9.71. The van der Waals surface area contributed by atoms with E-state index in [1.807, 2.05) is 0 Å². The molecular weight excluding hydrogens is 369 g/mol. The first-order valence-corrected chi connectivity index (χ1v) is 14.7. The van der Waals surface area contributed by atoms with Crippen molar-refractivity contribution in [3.63, 3.8) is 0 Å². The van der Waals surface area contributed by atoms with E-state index in [0.29, 0.717) is 0 Å². The molecular formula is C21H46NNaO3S. The van der Waals surface area contributed by atoms with Gasteiger partial charge in [-0.3, -0.25) is 4.55 Å². The number of rotatable bonds is 19. The van der Waals surface area contributed by atoms with E-state index < -0.39 is 10.1 Å². The van der Waals surface area contributed by atoms with Crippen molar-refractivity contribution in [1.82, 2.24) is 0 Å². The molecule has 0 rings (SSSR count). The fourth-order valence-electron chi connectivity index (χ4n) is 3.12. The molecule has 0 aromatic heterocycles. The van der Waals surface area contributed by atoms with Crippen molar-refractivity contribution >= 4 is 38.0 Å². The molecule has 160 valence electrons. The molecule has 0 atom stereocenters. The molecule has 6 heteroatoms. The van der Waals surface area contributed by atoms with Gasteiger partial charge in [0.15, 0.2) is 0 Å². The zero-order valence-electron chi connectivity index (χ0n) is 18.4. The first kappa shape index (κ1) is 30.1. The second-order valence-corrected chi connectivity index (χ2v) is 10.3. The molecule has 0 aromatic carbocycles. The molecule has 0 amide bonds. The van der Waals surface area contributed by atoms with Crippen molar-refractivity contribution in [2.75, 3.05) is 12.3 Å². The summed E-state index contributed by atoms with van der Waals surface area (Å²) in [5.41, 5.74) is 4.78. The maximum atomic E-state index is 9.71. The third-order valence-electron chi connectivity index (χ3n) is 4.83. The van der Waals surface area contributed by atoms with Crippen molar-refractivity contribution in [3.05, 3.63) is 0 Å². The van der Waals surface area contributed by atoms with Crippen LogP contribution in [-0.2, 0) is 10.1 Å². The van der Waals surface area contributed by atoms with Crippen molar-refractivity contribution in [2.24, 2.45) is 5.73 Å². The Morgan fingerprint density at radius 3 is 1.15 bits per heavy atom. The Labute approximate surface area is 188 Å². The van der Waals surface area contributed by atoms with Gasteiger partial charge in [-0.05, 0) is 0 Å². The fourth-order valence-corrected chi connectivity index (χ4v) is 3.92. The molecule has 3 N–H and O–H groups in total. The van der Waals surface area contributed by atoms with Gasteiger partial charge in [-0.2, -0.15) is 8.42 Å². The summed E-state index contributed by atoms with van der Waals surface area (Å²) in [5, 5.41) is 0. The number of unbranched alkanes of at least 4 members (excludes halogenated alkanes) is 16. The van der Waals surface area contributed by atoms with Crippen LogP contribution in [0.4, 0.5) is 0 Å². The van der Waals surface area contributed by atoms with E-state index in [4.69, 9.17) is 10.3 Å². The summed E-state index contributed by atoms with van der Waals surface area (Å²) in [4.78, 5) is 0. The van der Waals surface area contributed by atoms with Crippen LogP contribution in [0.5, 0.6) is 0 Å². The van der Waals surface area contributed by atoms with Gasteiger partial charge < -0.3 is 5.73 Å². The van der Waals surface area contributed by atoms with E-state index in [2.05, 4.69) is 6.92 Å². The Hall–Kier alpha value is 0.870. The monoisotopic (exact) mass is 415 g/mol. The Morgan fingerprint density at radius 2 is 0.963 bits per heavy atom. The van der Waals surface area contributed by atoms with Gasteiger partial charge in [-0.25, -0.2) is 0 Å². The summed E-state index contributed by atoms with van der Waals surface area (Å²) in [5.74, 6) is -0.354. The third-order valence-corrected chi connectivity index (χ3v) is 6.29. The quantitative estimate of drug-likeness (QED) is 0.153. The predicted molar refractivity (Wildman–Crippen MR) is 120 cm³/mol. The predicted octanol–water partition coefficient (Wildman–Crippen LogP) is 6.06. The van der Waals surface area contributed by atoms with Gasteiger partial charge in [0.25, 0.3) is 10.1 Å². The van der Waals surface area contributed by atoms with Crippen LogP contribution in [0, 0.1) is 0 Å². The van der Waals surface area contributed by atoms with Crippen molar-refractivity contribution in [3.8, 4) is 0 Å². The van der Waals surface area contributed by atoms with Crippen molar-refractivity contribution in [2.45, 2.75) is 120 Å². The second kappa shape index (κ2) is 24.9. The molecule has 27 heavy (non-hydrogen) atoms. The molecule has 0 saturated carbocycles. The largest absolute Gasteiger partial charge is 0.329 e. The van der Waals surface area contributed by atoms with E-state index in [9.17, 15) is 8.42 Å². The van der Waals surface area contributed by atoms with E-state index in [1.165, 1.54) is 141 Å². The van der Waals surface area contributed by atoms with Crippen LogP contribution in [0.25, 0.3) is 0 Å². The normalized spacial score (nSPS) is 11.3. The Bertz CT molecular complexity index is 346. The summed E-state index contributed by atoms with van der Waals surface area (Å²) in [6, 6.07) is 0. The fraction of sp³-hybridized carbons (Fsp3) is 1.00. The summed E-state index contributed by atoms with van der Waals surface area (Å²) in [7, 11) is -3.80. The van der Waals surface area contributed by atoms with Gasteiger partial charge in [0, 0.05) is 6.54 Å². The molecule has 0 fully saturated rings. The minimum Gasteiger partial charge on any atom is -0.329 e. The number of hydrogen-bond acceptors (Lipinski definition) is 3. The van der Waals surface area contributed by atoms with Gasteiger partial charge in [-0.1, -0.05) is 45.4 Å². The molecule has 0 unspecified atom stereocenters. The first-order chi connectivity index (χ1) is 13.0. The summed E-state index contributed by atoms with van der Waals surface area (Å²) in [6.07, 6.45) is 25.2. The molecule has 0 spiro atoms. The zero-order valence-corrected chi connectivity index (χ0v) is 21.2. The summed E-state index contributed by atoms with van der Waals surface area (Å²) in [6.45, 7) is 2.27. The van der Waals surface area contributed by atoms with Crippen LogP contribution < -0.4 is 5.73 Å².